The molecule has 35 heavy (non-hydrogen) atoms. The fraction of sp³-hybridized carbons (Fsp3) is 0.148. The van der Waals surface area contributed by atoms with Crippen molar-refractivity contribution in [3.63, 3.8) is 0 Å². The monoisotopic (exact) mass is 490 g/mol. The summed E-state index contributed by atoms with van der Waals surface area (Å²) in [5.41, 5.74) is 1.63. The number of amides is 4. The van der Waals surface area contributed by atoms with Gasteiger partial charge in [-0.2, -0.15) is 0 Å². The molecule has 1 N–H and O–H groups in total. The minimum atomic E-state index is -0.821. The van der Waals surface area contributed by atoms with Crippen LogP contribution in [-0.4, -0.2) is 23.9 Å². The number of rotatable bonds is 7. The number of hydrogen-bond acceptors (Lipinski definition) is 5. The van der Waals surface area contributed by atoms with Gasteiger partial charge in [0, 0.05) is 10.6 Å². The van der Waals surface area contributed by atoms with E-state index in [0.29, 0.717) is 34.4 Å². The first-order valence-corrected chi connectivity index (χ1v) is 11.3. The van der Waals surface area contributed by atoms with Gasteiger partial charge in [-0.3, -0.25) is 14.9 Å². The smallest absolute Gasteiger partial charge is 0.335 e. The first-order valence-electron chi connectivity index (χ1n) is 11.0. The minimum absolute atomic E-state index is 0.0936. The molecule has 1 aliphatic rings. The first kappa shape index (κ1) is 24.0. The van der Waals surface area contributed by atoms with Gasteiger partial charge in [-0.05, 0) is 68.0 Å². The topological polar surface area (TPSA) is 84.9 Å². The van der Waals surface area contributed by atoms with Crippen molar-refractivity contribution in [3.8, 4) is 11.5 Å². The molecule has 1 heterocycles. The fourth-order valence-electron chi connectivity index (χ4n) is 3.45. The number of anilines is 1. The maximum atomic E-state index is 13.2. The number of nitrogens with zero attached hydrogens (tertiary/aromatic N) is 1. The van der Waals surface area contributed by atoms with Gasteiger partial charge in [0.15, 0.2) is 0 Å². The molecule has 0 saturated carbocycles. The summed E-state index contributed by atoms with van der Waals surface area (Å²) in [5, 5.41) is 2.87. The lowest BCUT2D eigenvalue weighted by Gasteiger charge is -2.26. The molecule has 1 saturated heterocycles. The number of imide groups is 2. The molecular weight excluding hydrogens is 468 g/mol. The summed E-state index contributed by atoms with van der Waals surface area (Å²) in [7, 11) is 0. The molecular formula is C27H23ClN2O5. The molecule has 178 valence electrons. The number of ether oxygens (including phenoxy) is 2. The van der Waals surface area contributed by atoms with Gasteiger partial charge in [-0.25, -0.2) is 9.69 Å². The van der Waals surface area contributed by atoms with E-state index in [2.05, 4.69) is 5.32 Å². The maximum Gasteiger partial charge on any atom is 0.335 e. The Bertz CT molecular complexity index is 1280. The van der Waals surface area contributed by atoms with Crippen molar-refractivity contribution in [2.75, 3.05) is 4.90 Å². The Balaban J connectivity index is 1.54. The Morgan fingerprint density at radius 1 is 0.943 bits per heavy atom. The second-order valence-electron chi connectivity index (χ2n) is 8.07. The molecule has 3 aromatic carbocycles. The van der Waals surface area contributed by atoms with Gasteiger partial charge in [0.2, 0.25) is 0 Å². The highest BCUT2D eigenvalue weighted by molar-refractivity contribution is 6.39. The van der Waals surface area contributed by atoms with Crippen molar-refractivity contribution < 1.29 is 23.9 Å². The Labute approximate surface area is 207 Å². The summed E-state index contributed by atoms with van der Waals surface area (Å²) < 4.78 is 11.5. The molecule has 8 heteroatoms. The van der Waals surface area contributed by atoms with E-state index in [1.807, 2.05) is 26.0 Å². The third-order valence-electron chi connectivity index (χ3n) is 5.10. The number of carbonyl (C=O) groups is 3. The van der Waals surface area contributed by atoms with Crippen LogP contribution in [0.2, 0.25) is 5.02 Å². The highest BCUT2D eigenvalue weighted by Gasteiger charge is 2.37. The van der Waals surface area contributed by atoms with Gasteiger partial charge in [0.25, 0.3) is 11.8 Å². The summed E-state index contributed by atoms with van der Waals surface area (Å²) >= 11 is 5.90. The van der Waals surface area contributed by atoms with Crippen LogP contribution in [0.4, 0.5) is 10.5 Å². The highest BCUT2D eigenvalue weighted by Crippen LogP contribution is 2.27. The SMILES string of the molecule is CC(C)Oc1ccccc1/C=C1\C(=O)NC(=O)N(c2ccc(OCc3ccc(Cl)cc3)cc2)C1=O. The lowest BCUT2D eigenvalue weighted by Crippen LogP contribution is -2.54. The maximum absolute atomic E-state index is 13.2. The number of benzene rings is 3. The molecule has 0 unspecified atom stereocenters. The van der Waals surface area contributed by atoms with E-state index in [-0.39, 0.29) is 11.7 Å². The second-order valence-corrected chi connectivity index (χ2v) is 8.51. The van der Waals surface area contributed by atoms with E-state index in [0.717, 1.165) is 10.5 Å². The van der Waals surface area contributed by atoms with Gasteiger partial charge in [-0.15, -0.1) is 0 Å². The van der Waals surface area contributed by atoms with Crippen molar-refractivity contribution in [2.45, 2.75) is 26.6 Å². The van der Waals surface area contributed by atoms with Crippen molar-refractivity contribution >= 4 is 41.2 Å². The van der Waals surface area contributed by atoms with E-state index >= 15 is 0 Å². The van der Waals surface area contributed by atoms with Crippen LogP contribution in [0.3, 0.4) is 0 Å². The third-order valence-corrected chi connectivity index (χ3v) is 5.35. The lowest BCUT2D eigenvalue weighted by atomic mass is 10.1. The molecule has 0 spiro atoms. The normalized spacial score (nSPS) is 14.9. The number of barbiturate groups is 1. The third kappa shape index (κ3) is 5.70. The predicted molar refractivity (Wildman–Crippen MR) is 133 cm³/mol. The molecule has 4 amide bonds. The van der Waals surface area contributed by atoms with Crippen LogP contribution in [0, 0.1) is 0 Å². The van der Waals surface area contributed by atoms with E-state index in [9.17, 15) is 14.4 Å². The van der Waals surface area contributed by atoms with Crippen molar-refractivity contribution in [1.29, 1.82) is 0 Å². The zero-order chi connectivity index (χ0) is 24.9. The summed E-state index contributed by atoms with van der Waals surface area (Å²) in [6.07, 6.45) is 1.34. The van der Waals surface area contributed by atoms with Crippen LogP contribution in [0.1, 0.15) is 25.0 Å². The average molecular weight is 491 g/mol. The van der Waals surface area contributed by atoms with E-state index in [1.165, 1.54) is 6.08 Å². The molecule has 1 fully saturated rings. The lowest BCUT2D eigenvalue weighted by molar-refractivity contribution is -0.122. The second kappa shape index (κ2) is 10.4. The summed E-state index contributed by atoms with van der Waals surface area (Å²) in [6, 6.07) is 20.0. The van der Waals surface area contributed by atoms with Crippen LogP contribution in [0.25, 0.3) is 6.08 Å². The van der Waals surface area contributed by atoms with Gasteiger partial charge in [0.1, 0.15) is 23.7 Å². The van der Waals surface area contributed by atoms with Crippen LogP contribution >= 0.6 is 11.6 Å². The van der Waals surface area contributed by atoms with Gasteiger partial charge < -0.3 is 9.47 Å². The molecule has 1 aliphatic heterocycles. The molecule has 7 nitrogen and oxygen atoms in total. The average Bonchev–Trinajstić information content (AvgIpc) is 2.83. The quantitative estimate of drug-likeness (QED) is 0.355. The largest absolute Gasteiger partial charge is 0.490 e. The molecule has 3 aromatic rings. The Kier molecular flexibility index (Phi) is 7.17. The van der Waals surface area contributed by atoms with Gasteiger partial charge in [0.05, 0.1) is 11.8 Å². The van der Waals surface area contributed by atoms with E-state index in [1.54, 1.807) is 60.7 Å². The number of halogens is 1. The number of carbonyl (C=O) groups excluding carboxylic acids is 3. The molecule has 0 atom stereocenters. The van der Waals surface area contributed by atoms with Crippen LogP contribution in [0.15, 0.2) is 78.4 Å². The first-order chi connectivity index (χ1) is 16.8. The molecule has 0 aromatic heterocycles. The predicted octanol–water partition coefficient (Wildman–Crippen LogP) is 5.37. The van der Waals surface area contributed by atoms with E-state index in [4.69, 9.17) is 21.1 Å². The highest BCUT2D eigenvalue weighted by atomic mass is 35.5. The van der Waals surface area contributed by atoms with E-state index < -0.39 is 17.8 Å². The van der Waals surface area contributed by atoms with Crippen molar-refractivity contribution in [2.24, 2.45) is 0 Å². The zero-order valence-corrected chi connectivity index (χ0v) is 19.9. The van der Waals surface area contributed by atoms with Gasteiger partial charge in [-0.1, -0.05) is 41.9 Å². The number of urea groups is 1. The number of hydrogen-bond donors (Lipinski definition) is 1. The van der Waals surface area contributed by atoms with Crippen LogP contribution < -0.4 is 19.7 Å². The zero-order valence-electron chi connectivity index (χ0n) is 19.2. The number of nitrogens with one attached hydrogen (secondary N) is 1. The molecule has 0 radical (unpaired) electrons. The van der Waals surface area contributed by atoms with Crippen molar-refractivity contribution in [1.82, 2.24) is 5.32 Å². The Hall–Kier alpha value is -4.10. The summed E-state index contributed by atoms with van der Waals surface area (Å²) in [6.45, 7) is 4.09. The van der Waals surface area contributed by atoms with Crippen molar-refractivity contribution in [3.05, 3.63) is 94.5 Å². The molecule has 0 aliphatic carbocycles. The Morgan fingerprint density at radius 3 is 2.31 bits per heavy atom. The fourth-order valence-corrected chi connectivity index (χ4v) is 3.57. The Morgan fingerprint density at radius 2 is 1.63 bits per heavy atom. The minimum Gasteiger partial charge on any atom is -0.490 e. The molecule has 0 bridgehead atoms. The number of para-hydroxylation sites is 1. The standard InChI is InChI=1S/C27H23ClN2O5/c1-17(2)35-24-6-4-3-5-19(24)15-23-25(31)29-27(33)30(26(23)32)21-11-13-22(14-12-21)34-16-18-7-9-20(28)10-8-18/h3-15,17H,16H2,1-2H3,(H,29,31,33)/b23-15+. The van der Waals surface area contributed by atoms with Gasteiger partial charge >= 0.3 is 6.03 Å². The van der Waals surface area contributed by atoms with Crippen LogP contribution in [0.5, 0.6) is 11.5 Å². The summed E-state index contributed by atoms with van der Waals surface area (Å²) in [4.78, 5) is 39.2. The van der Waals surface area contributed by atoms with Crippen LogP contribution in [-0.2, 0) is 16.2 Å². The molecule has 4 rings (SSSR count). The summed E-state index contributed by atoms with van der Waals surface area (Å²) in [5.74, 6) is -0.409.